The summed E-state index contributed by atoms with van der Waals surface area (Å²) >= 11 is 0. The van der Waals surface area contributed by atoms with Crippen LogP contribution in [-0.2, 0) is 5.41 Å². The van der Waals surface area contributed by atoms with Gasteiger partial charge in [0.2, 0.25) is 0 Å². The van der Waals surface area contributed by atoms with Crippen molar-refractivity contribution in [2.45, 2.75) is 36.7 Å². The van der Waals surface area contributed by atoms with E-state index in [9.17, 15) is 14.9 Å². The van der Waals surface area contributed by atoms with Gasteiger partial charge in [0.1, 0.15) is 11.4 Å². The fourth-order valence-electron chi connectivity index (χ4n) is 4.39. The average Bonchev–Trinajstić information content (AvgIpc) is 3.43. The van der Waals surface area contributed by atoms with Gasteiger partial charge >= 0.3 is 0 Å². The van der Waals surface area contributed by atoms with Gasteiger partial charge in [0.05, 0.1) is 30.0 Å². The Morgan fingerprint density at radius 1 is 1.07 bits per heavy atom. The van der Waals surface area contributed by atoms with E-state index in [0.29, 0.717) is 42.8 Å². The summed E-state index contributed by atoms with van der Waals surface area (Å²) in [5.41, 5.74) is 1.25. The van der Waals surface area contributed by atoms with E-state index >= 15 is 0 Å². The van der Waals surface area contributed by atoms with Crippen molar-refractivity contribution >= 4 is 11.7 Å². The van der Waals surface area contributed by atoms with E-state index < -0.39 is 5.60 Å². The zero-order valence-corrected chi connectivity index (χ0v) is 15.5. The standard InChI is InChI=1S/C23H20N2O3/c24-14-22(9-10-22)17-7-5-16(6-8-17)21(27)25-12-11-23(15-25)13-19(26)18-3-1-2-4-20(18)28-23/h1-8H,9-13,15H2. The van der Waals surface area contributed by atoms with Gasteiger partial charge in [0, 0.05) is 18.5 Å². The minimum Gasteiger partial charge on any atom is -0.484 e. The first-order valence-corrected chi connectivity index (χ1v) is 9.67. The van der Waals surface area contributed by atoms with Gasteiger partial charge in [-0.05, 0) is 42.7 Å². The van der Waals surface area contributed by atoms with Gasteiger partial charge in [0.15, 0.2) is 5.78 Å². The summed E-state index contributed by atoms with van der Waals surface area (Å²) in [5.74, 6) is 0.635. The molecule has 1 saturated carbocycles. The van der Waals surface area contributed by atoms with Crippen LogP contribution in [0.4, 0.5) is 0 Å². The summed E-state index contributed by atoms with van der Waals surface area (Å²) in [7, 11) is 0. The molecule has 1 saturated heterocycles. The zero-order valence-electron chi connectivity index (χ0n) is 15.5. The van der Waals surface area contributed by atoms with Crippen molar-refractivity contribution in [3.8, 4) is 11.8 Å². The van der Waals surface area contributed by atoms with Gasteiger partial charge in [-0.25, -0.2) is 0 Å². The summed E-state index contributed by atoms with van der Waals surface area (Å²) in [6, 6.07) is 17.1. The number of likely N-dealkylation sites (tertiary alicyclic amines) is 1. The van der Waals surface area contributed by atoms with Crippen LogP contribution in [0, 0.1) is 11.3 Å². The maximum absolute atomic E-state index is 13.0. The number of nitrogens with zero attached hydrogens (tertiary/aromatic N) is 2. The molecule has 3 aliphatic rings. The lowest BCUT2D eigenvalue weighted by Crippen LogP contribution is -2.45. The molecule has 2 fully saturated rings. The Morgan fingerprint density at radius 3 is 2.54 bits per heavy atom. The highest BCUT2D eigenvalue weighted by molar-refractivity contribution is 6.00. The van der Waals surface area contributed by atoms with E-state index in [1.54, 1.807) is 11.0 Å². The van der Waals surface area contributed by atoms with Crippen molar-refractivity contribution in [2.75, 3.05) is 13.1 Å². The van der Waals surface area contributed by atoms with Crippen molar-refractivity contribution in [3.63, 3.8) is 0 Å². The number of fused-ring (bicyclic) bond motifs is 1. The number of nitriles is 1. The van der Waals surface area contributed by atoms with E-state index in [2.05, 4.69) is 6.07 Å². The van der Waals surface area contributed by atoms with Gasteiger partial charge < -0.3 is 9.64 Å². The predicted molar refractivity (Wildman–Crippen MR) is 102 cm³/mol. The molecular weight excluding hydrogens is 352 g/mol. The van der Waals surface area contributed by atoms with Crippen molar-refractivity contribution < 1.29 is 14.3 Å². The fourth-order valence-corrected chi connectivity index (χ4v) is 4.39. The topological polar surface area (TPSA) is 70.4 Å². The highest BCUT2D eigenvalue weighted by Crippen LogP contribution is 2.47. The normalized spacial score (nSPS) is 24.4. The van der Waals surface area contributed by atoms with E-state index in [1.165, 1.54) is 0 Å². The molecule has 1 spiro atoms. The number of para-hydroxylation sites is 1. The van der Waals surface area contributed by atoms with Crippen LogP contribution in [0.15, 0.2) is 48.5 Å². The Hall–Kier alpha value is -3.13. The monoisotopic (exact) mass is 372 g/mol. The van der Waals surface area contributed by atoms with Crippen LogP contribution >= 0.6 is 0 Å². The summed E-state index contributed by atoms with van der Waals surface area (Å²) in [6.07, 6.45) is 2.72. The van der Waals surface area contributed by atoms with Crippen LogP contribution in [0.3, 0.4) is 0 Å². The molecule has 1 amide bonds. The number of carbonyl (C=O) groups is 2. The Balaban J connectivity index is 1.33. The highest BCUT2D eigenvalue weighted by Gasteiger charge is 2.47. The highest BCUT2D eigenvalue weighted by atomic mass is 16.5. The van der Waals surface area contributed by atoms with Crippen LogP contribution in [0.2, 0.25) is 0 Å². The molecule has 2 aromatic rings. The maximum Gasteiger partial charge on any atom is 0.253 e. The van der Waals surface area contributed by atoms with E-state index in [-0.39, 0.29) is 17.1 Å². The number of rotatable bonds is 2. The van der Waals surface area contributed by atoms with E-state index in [4.69, 9.17) is 4.74 Å². The summed E-state index contributed by atoms with van der Waals surface area (Å²) in [5, 5.41) is 9.33. The Morgan fingerprint density at radius 2 is 1.82 bits per heavy atom. The van der Waals surface area contributed by atoms with Crippen molar-refractivity contribution in [1.29, 1.82) is 5.26 Å². The third kappa shape index (κ3) is 2.60. The van der Waals surface area contributed by atoms with Gasteiger partial charge in [-0.3, -0.25) is 9.59 Å². The first-order valence-electron chi connectivity index (χ1n) is 9.67. The molecule has 28 heavy (non-hydrogen) atoms. The second-order valence-electron chi connectivity index (χ2n) is 8.13. The minimum atomic E-state index is -0.625. The quantitative estimate of drug-likeness (QED) is 0.809. The molecule has 2 heterocycles. The van der Waals surface area contributed by atoms with Crippen LogP contribution in [0.1, 0.15) is 52.0 Å². The van der Waals surface area contributed by atoms with Crippen molar-refractivity contribution in [3.05, 3.63) is 65.2 Å². The number of hydrogen-bond donors (Lipinski definition) is 0. The third-order valence-electron chi connectivity index (χ3n) is 6.25. The smallest absolute Gasteiger partial charge is 0.253 e. The number of ether oxygens (including phenoxy) is 1. The first kappa shape index (κ1) is 17.0. The molecule has 0 bridgehead atoms. The fraction of sp³-hybridized carbons (Fsp3) is 0.348. The Kier molecular flexibility index (Phi) is 3.60. The molecule has 0 radical (unpaired) electrons. The van der Waals surface area contributed by atoms with Crippen molar-refractivity contribution in [2.24, 2.45) is 0 Å². The molecule has 5 rings (SSSR count). The Bertz CT molecular complexity index is 1020. The lowest BCUT2D eigenvalue weighted by Gasteiger charge is -2.34. The van der Waals surface area contributed by atoms with Crippen LogP contribution < -0.4 is 4.74 Å². The lowest BCUT2D eigenvalue weighted by molar-refractivity contribution is 0.0428. The molecule has 140 valence electrons. The molecule has 5 heteroatoms. The molecule has 2 aliphatic heterocycles. The van der Waals surface area contributed by atoms with Gasteiger partial charge in [-0.1, -0.05) is 24.3 Å². The molecule has 1 atom stereocenters. The molecule has 0 N–H and O–H groups in total. The molecule has 1 unspecified atom stereocenters. The number of Topliss-reactive ketones (excluding diaryl/α,β-unsaturated/α-hetero) is 1. The number of benzene rings is 2. The summed E-state index contributed by atoms with van der Waals surface area (Å²) in [6.45, 7) is 0.980. The van der Waals surface area contributed by atoms with Crippen LogP contribution in [-0.4, -0.2) is 35.3 Å². The summed E-state index contributed by atoms with van der Waals surface area (Å²) in [4.78, 5) is 27.3. The van der Waals surface area contributed by atoms with Gasteiger partial charge in [-0.15, -0.1) is 0 Å². The van der Waals surface area contributed by atoms with E-state index in [1.807, 2.05) is 42.5 Å². The number of amides is 1. The first-order chi connectivity index (χ1) is 13.5. The molecule has 1 aliphatic carbocycles. The maximum atomic E-state index is 13.0. The molecular formula is C23H20N2O3. The number of hydrogen-bond acceptors (Lipinski definition) is 4. The van der Waals surface area contributed by atoms with Gasteiger partial charge in [-0.2, -0.15) is 5.26 Å². The summed E-state index contributed by atoms with van der Waals surface area (Å²) < 4.78 is 6.20. The van der Waals surface area contributed by atoms with Crippen molar-refractivity contribution in [1.82, 2.24) is 4.90 Å². The molecule has 0 aromatic heterocycles. The SMILES string of the molecule is N#CC1(c2ccc(C(=O)N3CCC4(CC(=O)c5ccccc5O4)C3)cc2)CC1. The zero-order chi connectivity index (χ0) is 19.4. The second-order valence-corrected chi connectivity index (χ2v) is 8.13. The molecule has 5 nitrogen and oxygen atoms in total. The van der Waals surface area contributed by atoms with E-state index in [0.717, 1.165) is 18.4 Å². The third-order valence-corrected chi connectivity index (χ3v) is 6.25. The van der Waals surface area contributed by atoms with Gasteiger partial charge in [0.25, 0.3) is 5.91 Å². The Labute approximate surface area is 163 Å². The largest absolute Gasteiger partial charge is 0.484 e. The average molecular weight is 372 g/mol. The predicted octanol–water partition coefficient (Wildman–Crippen LogP) is 3.49. The van der Waals surface area contributed by atoms with Crippen LogP contribution in [0.5, 0.6) is 5.75 Å². The van der Waals surface area contributed by atoms with Crippen LogP contribution in [0.25, 0.3) is 0 Å². The number of ketones is 1. The minimum absolute atomic E-state index is 0.0554. The molecule has 2 aromatic carbocycles. The second kappa shape index (κ2) is 5.93. The lowest BCUT2D eigenvalue weighted by atomic mass is 9.89. The number of carbonyl (C=O) groups excluding carboxylic acids is 2.